The van der Waals surface area contributed by atoms with Crippen LogP contribution in [0, 0.1) is 0 Å². The number of carbonyl (C=O) groups is 1. The van der Waals surface area contributed by atoms with Crippen LogP contribution in [0.2, 0.25) is 0 Å². The van der Waals surface area contributed by atoms with Crippen molar-refractivity contribution in [2.45, 2.75) is 38.2 Å². The minimum atomic E-state index is 0.130. The summed E-state index contributed by atoms with van der Waals surface area (Å²) in [6, 6.07) is 8.28. The Bertz CT molecular complexity index is 600. The Morgan fingerprint density at radius 1 is 1.38 bits per heavy atom. The molecule has 1 fully saturated rings. The van der Waals surface area contributed by atoms with Crippen molar-refractivity contribution in [3.63, 3.8) is 0 Å². The van der Waals surface area contributed by atoms with Gasteiger partial charge in [-0.2, -0.15) is 0 Å². The van der Waals surface area contributed by atoms with E-state index in [0.29, 0.717) is 13.0 Å². The minimum Gasteiger partial charge on any atom is -0.376 e. The molecule has 4 nitrogen and oxygen atoms in total. The number of aromatic nitrogens is 1. The number of aromatic amines is 1. The number of H-pyrrole nitrogens is 1. The molecule has 0 bridgehead atoms. The zero-order chi connectivity index (χ0) is 14.5. The van der Waals surface area contributed by atoms with Crippen molar-refractivity contribution < 1.29 is 9.53 Å². The van der Waals surface area contributed by atoms with Crippen LogP contribution in [0.1, 0.15) is 31.2 Å². The Morgan fingerprint density at radius 2 is 2.29 bits per heavy atom. The van der Waals surface area contributed by atoms with Crippen LogP contribution >= 0.6 is 0 Å². The lowest BCUT2D eigenvalue weighted by Crippen LogP contribution is -2.31. The number of nitrogens with one attached hydrogen (secondary N) is 2. The molecule has 0 radical (unpaired) electrons. The van der Waals surface area contributed by atoms with Gasteiger partial charge in [0.2, 0.25) is 5.91 Å². The van der Waals surface area contributed by atoms with E-state index in [1.807, 2.05) is 12.1 Å². The first-order chi connectivity index (χ1) is 10.3. The van der Waals surface area contributed by atoms with Crippen molar-refractivity contribution in [2.75, 3.05) is 13.2 Å². The maximum Gasteiger partial charge on any atom is 0.220 e. The van der Waals surface area contributed by atoms with Gasteiger partial charge in [0.15, 0.2) is 0 Å². The van der Waals surface area contributed by atoms with Crippen LogP contribution in [0.25, 0.3) is 10.9 Å². The van der Waals surface area contributed by atoms with Gasteiger partial charge >= 0.3 is 0 Å². The quantitative estimate of drug-likeness (QED) is 0.858. The van der Waals surface area contributed by atoms with E-state index in [1.165, 1.54) is 10.9 Å². The molecule has 21 heavy (non-hydrogen) atoms. The van der Waals surface area contributed by atoms with Crippen LogP contribution in [0.15, 0.2) is 30.5 Å². The fraction of sp³-hybridized carbons (Fsp3) is 0.471. The summed E-state index contributed by atoms with van der Waals surface area (Å²) >= 11 is 0. The zero-order valence-electron chi connectivity index (χ0n) is 12.2. The summed E-state index contributed by atoms with van der Waals surface area (Å²) in [6.45, 7) is 1.49. The van der Waals surface area contributed by atoms with Gasteiger partial charge in [0.25, 0.3) is 0 Å². The van der Waals surface area contributed by atoms with Crippen molar-refractivity contribution in [1.29, 1.82) is 0 Å². The Kier molecular flexibility index (Phi) is 4.55. The number of ether oxygens (including phenoxy) is 1. The smallest absolute Gasteiger partial charge is 0.220 e. The van der Waals surface area contributed by atoms with E-state index in [4.69, 9.17) is 4.74 Å². The highest BCUT2D eigenvalue weighted by molar-refractivity contribution is 5.83. The number of para-hydroxylation sites is 1. The molecule has 2 heterocycles. The van der Waals surface area contributed by atoms with Gasteiger partial charge in [-0.15, -0.1) is 0 Å². The predicted octanol–water partition coefficient (Wildman–Crippen LogP) is 2.79. The second-order valence-corrected chi connectivity index (χ2v) is 5.65. The molecule has 4 heteroatoms. The molecule has 0 aliphatic carbocycles. The summed E-state index contributed by atoms with van der Waals surface area (Å²) in [5.41, 5.74) is 2.45. The number of aryl methyl sites for hydroxylation is 1. The highest BCUT2D eigenvalue weighted by atomic mass is 16.5. The summed E-state index contributed by atoms with van der Waals surface area (Å²) < 4.78 is 5.50. The summed E-state index contributed by atoms with van der Waals surface area (Å²) in [7, 11) is 0. The third kappa shape index (κ3) is 3.64. The van der Waals surface area contributed by atoms with Crippen molar-refractivity contribution in [3.8, 4) is 0 Å². The second-order valence-electron chi connectivity index (χ2n) is 5.65. The van der Waals surface area contributed by atoms with E-state index in [0.717, 1.165) is 37.8 Å². The monoisotopic (exact) mass is 286 g/mol. The van der Waals surface area contributed by atoms with Crippen molar-refractivity contribution in [1.82, 2.24) is 10.3 Å². The first kappa shape index (κ1) is 14.1. The second kappa shape index (κ2) is 6.76. The molecule has 0 unspecified atom stereocenters. The van der Waals surface area contributed by atoms with E-state index in [9.17, 15) is 4.79 Å². The van der Waals surface area contributed by atoms with Gasteiger partial charge < -0.3 is 15.0 Å². The van der Waals surface area contributed by atoms with E-state index < -0.39 is 0 Å². The summed E-state index contributed by atoms with van der Waals surface area (Å²) in [5.74, 6) is 0.130. The van der Waals surface area contributed by atoms with Crippen molar-refractivity contribution in [2.24, 2.45) is 0 Å². The molecule has 3 rings (SSSR count). The fourth-order valence-electron chi connectivity index (χ4n) is 2.90. The Hall–Kier alpha value is -1.81. The first-order valence-corrected chi connectivity index (χ1v) is 7.76. The Labute approximate surface area is 124 Å². The van der Waals surface area contributed by atoms with Gasteiger partial charge in [-0.1, -0.05) is 18.2 Å². The molecule has 1 saturated heterocycles. The molecule has 2 aromatic rings. The standard InChI is InChI=1S/C17H22N2O2/c20-17(19-12-14-6-4-10-21-14)9-3-5-13-11-18-16-8-2-1-7-15(13)16/h1-2,7-8,11,14,18H,3-6,9-10,12H2,(H,19,20)/t14-/m0/s1. The fourth-order valence-corrected chi connectivity index (χ4v) is 2.90. The maximum absolute atomic E-state index is 11.8. The average molecular weight is 286 g/mol. The molecular weight excluding hydrogens is 264 g/mol. The molecule has 1 aromatic carbocycles. The number of benzene rings is 1. The molecule has 0 spiro atoms. The first-order valence-electron chi connectivity index (χ1n) is 7.76. The maximum atomic E-state index is 11.8. The normalized spacial score (nSPS) is 18.2. The third-order valence-corrected chi connectivity index (χ3v) is 4.08. The molecule has 2 N–H and O–H groups in total. The van der Waals surface area contributed by atoms with E-state index in [1.54, 1.807) is 0 Å². The number of hydrogen-bond acceptors (Lipinski definition) is 2. The van der Waals surface area contributed by atoms with Crippen LogP contribution in [0.4, 0.5) is 0 Å². The highest BCUT2D eigenvalue weighted by Gasteiger charge is 2.15. The van der Waals surface area contributed by atoms with E-state index in [2.05, 4.69) is 28.6 Å². The van der Waals surface area contributed by atoms with Crippen LogP contribution in [-0.2, 0) is 16.0 Å². The molecule has 0 saturated carbocycles. The average Bonchev–Trinajstić information content (AvgIpc) is 3.15. The highest BCUT2D eigenvalue weighted by Crippen LogP contribution is 2.19. The lowest BCUT2D eigenvalue weighted by atomic mass is 10.1. The summed E-state index contributed by atoms with van der Waals surface area (Å²) in [6.07, 6.45) is 6.83. The van der Waals surface area contributed by atoms with E-state index in [-0.39, 0.29) is 12.0 Å². The minimum absolute atomic E-state index is 0.130. The van der Waals surface area contributed by atoms with Gasteiger partial charge in [0.05, 0.1) is 6.10 Å². The van der Waals surface area contributed by atoms with E-state index >= 15 is 0 Å². The Morgan fingerprint density at radius 3 is 3.14 bits per heavy atom. The summed E-state index contributed by atoms with van der Waals surface area (Å²) in [5, 5.41) is 4.23. The molecule has 1 atom stereocenters. The molecule has 1 aromatic heterocycles. The molecule has 1 aliphatic heterocycles. The molecular formula is C17H22N2O2. The lowest BCUT2D eigenvalue weighted by Gasteiger charge is -2.10. The van der Waals surface area contributed by atoms with Crippen LogP contribution in [-0.4, -0.2) is 30.1 Å². The number of fused-ring (bicyclic) bond motifs is 1. The number of rotatable bonds is 6. The third-order valence-electron chi connectivity index (χ3n) is 4.08. The number of carbonyl (C=O) groups excluding carboxylic acids is 1. The SMILES string of the molecule is O=C(CCCc1c[nH]c2ccccc12)NC[C@@H]1CCCO1. The molecule has 112 valence electrons. The predicted molar refractivity (Wildman–Crippen MR) is 83.2 cm³/mol. The zero-order valence-corrected chi connectivity index (χ0v) is 12.2. The topological polar surface area (TPSA) is 54.1 Å². The van der Waals surface area contributed by atoms with Crippen LogP contribution in [0.3, 0.4) is 0 Å². The van der Waals surface area contributed by atoms with Gasteiger partial charge in [0.1, 0.15) is 0 Å². The van der Waals surface area contributed by atoms with Gasteiger partial charge in [-0.25, -0.2) is 0 Å². The van der Waals surface area contributed by atoms with Crippen molar-refractivity contribution >= 4 is 16.8 Å². The molecule has 1 amide bonds. The molecule has 1 aliphatic rings. The lowest BCUT2D eigenvalue weighted by molar-refractivity contribution is -0.121. The number of hydrogen-bond donors (Lipinski definition) is 2. The number of amides is 1. The van der Waals surface area contributed by atoms with Gasteiger partial charge in [-0.3, -0.25) is 4.79 Å². The van der Waals surface area contributed by atoms with Crippen molar-refractivity contribution in [3.05, 3.63) is 36.0 Å². The van der Waals surface area contributed by atoms with Crippen LogP contribution in [0.5, 0.6) is 0 Å². The van der Waals surface area contributed by atoms with Crippen LogP contribution < -0.4 is 5.32 Å². The van der Waals surface area contributed by atoms with Gasteiger partial charge in [-0.05, 0) is 37.3 Å². The Balaban J connectivity index is 1.42. The summed E-state index contributed by atoms with van der Waals surface area (Å²) in [4.78, 5) is 15.1. The van der Waals surface area contributed by atoms with Gasteiger partial charge in [0, 0.05) is 36.7 Å². The largest absolute Gasteiger partial charge is 0.376 e.